The highest BCUT2D eigenvalue weighted by Crippen LogP contribution is 2.24. The summed E-state index contributed by atoms with van der Waals surface area (Å²) in [4.78, 5) is 17.7. The minimum Gasteiger partial charge on any atom is -0.370 e. The smallest absolute Gasteiger partial charge is 0.241 e. The normalized spacial score (nSPS) is 14.2. The van der Waals surface area contributed by atoms with Crippen LogP contribution in [0.15, 0.2) is 35.3 Å². The number of amides is 1. The van der Waals surface area contributed by atoms with Gasteiger partial charge in [-0.05, 0) is 24.8 Å². The molecule has 1 aliphatic rings. The van der Waals surface area contributed by atoms with E-state index in [9.17, 15) is 4.79 Å². The summed E-state index contributed by atoms with van der Waals surface area (Å²) in [7, 11) is 1.92. The van der Waals surface area contributed by atoms with Gasteiger partial charge in [0, 0.05) is 19.6 Å². The first-order valence-corrected chi connectivity index (χ1v) is 7.00. The van der Waals surface area contributed by atoms with Crippen molar-refractivity contribution in [3.05, 3.63) is 35.9 Å². The summed E-state index contributed by atoms with van der Waals surface area (Å²) in [5.41, 5.74) is 7.03. The van der Waals surface area contributed by atoms with Gasteiger partial charge in [-0.25, -0.2) is 4.99 Å². The lowest BCUT2D eigenvalue weighted by atomic mass is 10.1. The van der Waals surface area contributed by atoms with Crippen LogP contribution in [0, 0.1) is 0 Å². The number of nitrogens with two attached hydrogens (primary N) is 1. The molecule has 1 fully saturated rings. The van der Waals surface area contributed by atoms with Crippen LogP contribution in [0.25, 0.3) is 0 Å². The molecule has 1 aromatic carbocycles. The van der Waals surface area contributed by atoms with Crippen molar-refractivity contribution in [2.75, 3.05) is 20.1 Å². The van der Waals surface area contributed by atoms with Crippen LogP contribution < -0.4 is 11.1 Å². The van der Waals surface area contributed by atoms with E-state index in [-0.39, 0.29) is 36.4 Å². The number of benzene rings is 1. The second-order valence-corrected chi connectivity index (χ2v) is 5.10. The molecule has 0 atom stereocenters. The molecular formula is C15H23IN4O. The van der Waals surface area contributed by atoms with Crippen LogP contribution in [0.3, 0.4) is 0 Å². The number of rotatable bonds is 6. The number of nitrogens with one attached hydrogen (secondary N) is 1. The summed E-state index contributed by atoms with van der Waals surface area (Å²) in [6.45, 7) is 0.717. The lowest BCUT2D eigenvalue weighted by Gasteiger charge is -2.16. The molecule has 1 aromatic rings. The molecule has 1 aliphatic carbocycles. The molecule has 5 nitrogen and oxygen atoms in total. The van der Waals surface area contributed by atoms with Gasteiger partial charge in [-0.15, -0.1) is 24.0 Å². The van der Waals surface area contributed by atoms with Crippen molar-refractivity contribution in [2.45, 2.75) is 25.3 Å². The molecule has 0 aromatic heterocycles. The maximum absolute atomic E-state index is 11.7. The van der Waals surface area contributed by atoms with Crippen molar-refractivity contribution in [2.24, 2.45) is 10.7 Å². The molecule has 1 saturated carbocycles. The number of halogens is 1. The number of aliphatic imine (C=N–C) groups is 1. The van der Waals surface area contributed by atoms with E-state index in [1.54, 1.807) is 0 Å². The van der Waals surface area contributed by atoms with Gasteiger partial charge in [0.05, 0.1) is 0 Å². The second-order valence-electron chi connectivity index (χ2n) is 5.10. The minimum absolute atomic E-state index is 0. The predicted molar refractivity (Wildman–Crippen MR) is 95.8 cm³/mol. The van der Waals surface area contributed by atoms with E-state index in [4.69, 9.17) is 5.73 Å². The number of guanidine groups is 1. The van der Waals surface area contributed by atoms with E-state index < -0.39 is 0 Å². The number of nitrogens with zero attached hydrogens (tertiary/aromatic N) is 2. The third kappa shape index (κ3) is 6.33. The quantitative estimate of drug-likeness (QED) is 0.429. The SMILES string of the molecule is CN(C(N)=NCC(=O)NCCc1ccccc1)C1CC1.I. The van der Waals surface area contributed by atoms with Crippen LogP contribution in [0.1, 0.15) is 18.4 Å². The summed E-state index contributed by atoms with van der Waals surface area (Å²) in [6, 6.07) is 10.6. The third-order valence-corrected chi connectivity index (χ3v) is 3.42. The van der Waals surface area contributed by atoms with E-state index >= 15 is 0 Å². The largest absolute Gasteiger partial charge is 0.370 e. The van der Waals surface area contributed by atoms with Crippen LogP contribution in [0.5, 0.6) is 0 Å². The Morgan fingerprint density at radius 1 is 1.38 bits per heavy atom. The van der Waals surface area contributed by atoms with E-state index in [1.165, 1.54) is 5.56 Å². The molecule has 0 saturated heterocycles. The van der Waals surface area contributed by atoms with Gasteiger partial charge in [-0.1, -0.05) is 30.3 Å². The zero-order valence-electron chi connectivity index (χ0n) is 12.3. The van der Waals surface area contributed by atoms with Gasteiger partial charge >= 0.3 is 0 Å². The second kappa shape index (κ2) is 8.86. The summed E-state index contributed by atoms with van der Waals surface area (Å²) in [5, 5.41) is 2.85. The molecule has 0 heterocycles. The molecule has 21 heavy (non-hydrogen) atoms. The molecule has 0 radical (unpaired) electrons. The zero-order valence-corrected chi connectivity index (χ0v) is 14.6. The first-order chi connectivity index (χ1) is 9.66. The first-order valence-electron chi connectivity index (χ1n) is 7.00. The lowest BCUT2D eigenvalue weighted by Crippen LogP contribution is -2.37. The Balaban J connectivity index is 0.00000220. The molecule has 0 unspecified atom stereocenters. The fraction of sp³-hybridized carbons (Fsp3) is 0.467. The molecule has 0 spiro atoms. The van der Waals surface area contributed by atoms with Crippen molar-refractivity contribution < 1.29 is 4.79 Å². The summed E-state index contributed by atoms with van der Waals surface area (Å²) in [6.07, 6.45) is 3.15. The topological polar surface area (TPSA) is 70.7 Å². The van der Waals surface area contributed by atoms with E-state index in [2.05, 4.69) is 10.3 Å². The fourth-order valence-corrected chi connectivity index (χ4v) is 1.96. The average Bonchev–Trinajstić information content (AvgIpc) is 3.29. The van der Waals surface area contributed by atoms with Crippen LogP contribution in [0.4, 0.5) is 0 Å². The minimum atomic E-state index is -0.0897. The Morgan fingerprint density at radius 3 is 2.67 bits per heavy atom. The van der Waals surface area contributed by atoms with Crippen molar-refractivity contribution >= 4 is 35.8 Å². The van der Waals surface area contributed by atoms with Crippen LogP contribution in [-0.4, -0.2) is 42.9 Å². The Bertz CT molecular complexity index is 474. The van der Waals surface area contributed by atoms with E-state index in [0.717, 1.165) is 19.3 Å². The van der Waals surface area contributed by atoms with Gasteiger partial charge in [0.1, 0.15) is 6.54 Å². The van der Waals surface area contributed by atoms with Crippen molar-refractivity contribution in [1.29, 1.82) is 0 Å². The Kier molecular flexibility index (Phi) is 7.49. The zero-order chi connectivity index (χ0) is 14.4. The Labute approximate surface area is 143 Å². The molecule has 0 bridgehead atoms. The maximum Gasteiger partial charge on any atom is 0.241 e. The highest BCUT2D eigenvalue weighted by molar-refractivity contribution is 14.0. The van der Waals surface area contributed by atoms with Crippen molar-refractivity contribution in [1.82, 2.24) is 10.2 Å². The Morgan fingerprint density at radius 2 is 2.05 bits per heavy atom. The number of carbonyl (C=O) groups excluding carboxylic acids is 1. The summed E-state index contributed by atoms with van der Waals surface area (Å²) in [5.74, 6) is 0.360. The predicted octanol–water partition coefficient (Wildman–Crippen LogP) is 1.37. The molecule has 1 amide bonds. The van der Waals surface area contributed by atoms with Crippen molar-refractivity contribution in [3.63, 3.8) is 0 Å². The molecule has 2 rings (SSSR count). The monoisotopic (exact) mass is 402 g/mol. The van der Waals surface area contributed by atoms with Gasteiger partial charge < -0.3 is 16.0 Å². The number of hydrogen-bond donors (Lipinski definition) is 2. The van der Waals surface area contributed by atoms with Gasteiger partial charge in [0.2, 0.25) is 5.91 Å². The first kappa shape index (κ1) is 17.7. The molecular weight excluding hydrogens is 379 g/mol. The lowest BCUT2D eigenvalue weighted by molar-refractivity contribution is -0.119. The highest BCUT2D eigenvalue weighted by atomic mass is 127. The van der Waals surface area contributed by atoms with Crippen LogP contribution in [0.2, 0.25) is 0 Å². The molecule has 3 N–H and O–H groups in total. The average molecular weight is 402 g/mol. The number of hydrogen-bond acceptors (Lipinski definition) is 2. The van der Waals surface area contributed by atoms with E-state index in [1.807, 2.05) is 42.3 Å². The van der Waals surface area contributed by atoms with Gasteiger partial charge in [-0.2, -0.15) is 0 Å². The highest BCUT2D eigenvalue weighted by Gasteiger charge is 2.27. The van der Waals surface area contributed by atoms with Gasteiger partial charge in [-0.3, -0.25) is 4.79 Å². The van der Waals surface area contributed by atoms with Gasteiger partial charge in [0.15, 0.2) is 5.96 Å². The number of carbonyl (C=O) groups is 1. The third-order valence-electron chi connectivity index (χ3n) is 3.42. The fourth-order valence-electron chi connectivity index (χ4n) is 1.96. The van der Waals surface area contributed by atoms with E-state index in [0.29, 0.717) is 18.5 Å². The maximum atomic E-state index is 11.7. The standard InChI is InChI=1S/C15H22N4O.HI/c1-19(13-7-8-13)15(16)18-11-14(20)17-10-9-12-5-3-2-4-6-12;/h2-6,13H,7-11H2,1H3,(H2,16,18)(H,17,20);1H. The van der Waals surface area contributed by atoms with Crippen LogP contribution in [-0.2, 0) is 11.2 Å². The van der Waals surface area contributed by atoms with Crippen LogP contribution >= 0.6 is 24.0 Å². The van der Waals surface area contributed by atoms with Gasteiger partial charge in [0.25, 0.3) is 0 Å². The molecule has 116 valence electrons. The summed E-state index contributed by atoms with van der Waals surface area (Å²) < 4.78 is 0. The van der Waals surface area contributed by atoms with Crippen molar-refractivity contribution in [3.8, 4) is 0 Å². The summed E-state index contributed by atoms with van der Waals surface area (Å²) >= 11 is 0. The molecule has 6 heteroatoms. The molecule has 0 aliphatic heterocycles. The Hall–Kier alpha value is -1.31.